The number of allylic oxidation sites excluding steroid dienone is 7. The molecule has 3 unspecified atom stereocenters. The minimum atomic E-state index is -5.17. The fourth-order valence-corrected chi connectivity index (χ4v) is 7.54. The van der Waals surface area contributed by atoms with Crippen LogP contribution in [0.2, 0.25) is 0 Å². The first-order valence-corrected chi connectivity index (χ1v) is 24.0. The van der Waals surface area contributed by atoms with E-state index >= 15 is 0 Å². The van der Waals surface area contributed by atoms with Gasteiger partial charge >= 0.3 is 19.8 Å². The van der Waals surface area contributed by atoms with Crippen LogP contribution in [0.4, 0.5) is 0 Å². The highest BCUT2D eigenvalue weighted by Crippen LogP contribution is 2.47. The zero-order valence-electron chi connectivity index (χ0n) is 36.4. The van der Waals surface area contributed by atoms with Crippen LogP contribution in [-0.2, 0) is 32.7 Å². The summed E-state index contributed by atoms with van der Waals surface area (Å²) in [6.07, 6.45) is 23.3. The molecule has 0 aromatic rings. The number of hydrogen-bond donors (Lipinski definition) is 7. The molecule has 60 heavy (non-hydrogen) atoms. The molecule has 1 aliphatic carbocycles. The van der Waals surface area contributed by atoms with Crippen LogP contribution >= 0.6 is 7.82 Å². The SMILES string of the molecule is CCCCC/C=C\C/C=C\C/C=C\C=C\[C@H](O)CCCC(=O)O[C@H](COC(=O)CCCCCCCCCCCCCCC)COP(=O)(O)OC1[C@H](O)[C@H](O)C(O)[C@H](O)[C@H]1O. The highest BCUT2D eigenvalue weighted by Gasteiger charge is 2.51. The van der Waals surface area contributed by atoms with E-state index in [9.17, 15) is 49.7 Å². The molecule has 0 radical (unpaired) electrons. The summed E-state index contributed by atoms with van der Waals surface area (Å²) in [5.74, 6) is -1.30. The summed E-state index contributed by atoms with van der Waals surface area (Å²) >= 11 is 0. The summed E-state index contributed by atoms with van der Waals surface area (Å²) < 4.78 is 33.3. The maximum absolute atomic E-state index is 12.8. The van der Waals surface area contributed by atoms with Crippen molar-refractivity contribution in [3.8, 4) is 0 Å². The predicted molar refractivity (Wildman–Crippen MR) is 232 cm³/mol. The molecule has 0 amide bonds. The van der Waals surface area contributed by atoms with Gasteiger partial charge in [0.25, 0.3) is 0 Å². The van der Waals surface area contributed by atoms with E-state index in [1.54, 1.807) is 12.2 Å². The Labute approximate surface area is 359 Å². The minimum Gasteiger partial charge on any atom is -0.462 e. The van der Waals surface area contributed by atoms with Crippen molar-refractivity contribution in [1.82, 2.24) is 0 Å². The minimum absolute atomic E-state index is 0.128. The molecule has 7 N–H and O–H groups in total. The summed E-state index contributed by atoms with van der Waals surface area (Å²) in [6, 6.07) is 0. The van der Waals surface area contributed by atoms with Crippen LogP contribution in [0, 0.1) is 0 Å². The van der Waals surface area contributed by atoms with Crippen molar-refractivity contribution in [2.24, 2.45) is 0 Å². The number of ether oxygens (including phenoxy) is 2. The van der Waals surface area contributed by atoms with Gasteiger partial charge in [-0.1, -0.05) is 152 Å². The first-order chi connectivity index (χ1) is 28.8. The number of aliphatic hydroxyl groups is 6. The van der Waals surface area contributed by atoms with E-state index in [0.29, 0.717) is 6.42 Å². The fraction of sp³-hybridized carbons (Fsp3) is 0.778. The number of aliphatic hydroxyl groups excluding tert-OH is 6. The van der Waals surface area contributed by atoms with Gasteiger partial charge in [0.2, 0.25) is 0 Å². The monoisotopic (exact) mass is 875 g/mol. The van der Waals surface area contributed by atoms with Gasteiger partial charge in [-0.05, 0) is 44.9 Å². The van der Waals surface area contributed by atoms with Crippen LogP contribution in [-0.4, -0.2) is 110 Å². The number of rotatable bonds is 36. The van der Waals surface area contributed by atoms with Gasteiger partial charge in [-0.2, -0.15) is 0 Å². The molecule has 0 aliphatic heterocycles. The molecule has 0 heterocycles. The Kier molecular flexibility index (Phi) is 32.8. The van der Waals surface area contributed by atoms with Gasteiger partial charge in [-0.25, -0.2) is 4.57 Å². The third-order valence-corrected chi connectivity index (χ3v) is 11.3. The lowest BCUT2D eigenvalue weighted by atomic mass is 9.85. The van der Waals surface area contributed by atoms with E-state index in [1.165, 1.54) is 70.6 Å². The third kappa shape index (κ3) is 27.7. The molecule has 348 valence electrons. The van der Waals surface area contributed by atoms with E-state index in [0.717, 1.165) is 44.9 Å². The second kappa shape index (κ2) is 35.3. The van der Waals surface area contributed by atoms with Crippen molar-refractivity contribution in [3.05, 3.63) is 48.6 Å². The van der Waals surface area contributed by atoms with Crippen LogP contribution < -0.4 is 0 Å². The first-order valence-electron chi connectivity index (χ1n) is 22.5. The fourth-order valence-electron chi connectivity index (χ4n) is 6.57. The summed E-state index contributed by atoms with van der Waals surface area (Å²) in [5, 5.41) is 60.4. The van der Waals surface area contributed by atoms with Gasteiger partial charge in [0, 0.05) is 12.8 Å². The van der Waals surface area contributed by atoms with Crippen LogP contribution in [0.5, 0.6) is 0 Å². The van der Waals surface area contributed by atoms with Crippen LogP contribution in [0.3, 0.4) is 0 Å². The van der Waals surface area contributed by atoms with Gasteiger partial charge in [0.15, 0.2) is 6.10 Å². The number of carbonyl (C=O) groups excluding carboxylic acids is 2. The molecule has 0 aromatic heterocycles. The van der Waals surface area contributed by atoms with Crippen LogP contribution in [0.1, 0.15) is 162 Å². The zero-order chi connectivity index (χ0) is 44.4. The van der Waals surface area contributed by atoms with Crippen molar-refractivity contribution in [2.75, 3.05) is 13.2 Å². The third-order valence-electron chi connectivity index (χ3n) is 10.3. The van der Waals surface area contributed by atoms with Gasteiger partial charge in [-0.3, -0.25) is 18.6 Å². The molecule has 1 aliphatic rings. The second-order valence-corrected chi connectivity index (χ2v) is 17.2. The van der Waals surface area contributed by atoms with Crippen LogP contribution in [0.15, 0.2) is 48.6 Å². The quantitative estimate of drug-likeness (QED) is 0.0107. The molecular weight excluding hydrogens is 795 g/mol. The van der Waals surface area contributed by atoms with E-state index < -0.39 is 81.8 Å². The normalized spacial score (nSPS) is 23.1. The van der Waals surface area contributed by atoms with Crippen molar-refractivity contribution < 1.29 is 68.2 Å². The summed E-state index contributed by atoms with van der Waals surface area (Å²) in [5.41, 5.74) is 0. The van der Waals surface area contributed by atoms with Crippen molar-refractivity contribution in [1.29, 1.82) is 0 Å². The Bertz CT molecular complexity index is 1260. The van der Waals surface area contributed by atoms with E-state index in [2.05, 4.69) is 38.2 Å². The number of unbranched alkanes of at least 4 members (excludes halogenated alkanes) is 15. The molecule has 0 spiro atoms. The topological polar surface area (TPSA) is 230 Å². The van der Waals surface area contributed by atoms with E-state index in [1.807, 2.05) is 12.2 Å². The predicted octanol–water partition coefficient (Wildman–Crippen LogP) is 7.36. The molecule has 1 rings (SSSR count). The average molecular weight is 875 g/mol. The Morgan fingerprint density at radius 2 is 1.10 bits per heavy atom. The largest absolute Gasteiger partial charge is 0.472 e. The van der Waals surface area contributed by atoms with Crippen molar-refractivity contribution in [3.63, 3.8) is 0 Å². The molecule has 15 heteroatoms. The first kappa shape index (κ1) is 55.8. The number of phosphoric ester groups is 1. The lowest BCUT2D eigenvalue weighted by molar-refractivity contribution is -0.220. The van der Waals surface area contributed by atoms with E-state index in [4.69, 9.17) is 18.5 Å². The lowest BCUT2D eigenvalue weighted by Crippen LogP contribution is -2.64. The Morgan fingerprint density at radius 3 is 1.70 bits per heavy atom. The molecule has 14 nitrogen and oxygen atoms in total. The lowest BCUT2D eigenvalue weighted by Gasteiger charge is -2.41. The van der Waals surface area contributed by atoms with Crippen LogP contribution in [0.25, 0.3) is 0 Å². The molecule has 0 aromatic carbocycles. The number of esters is 2. The Morgan fingerprint density at radius 1 is 0.600 bits per heavy atom. The summed E-state index contributed by atoms with van der Waals surface area (Å²) in [7, 11) is -5.17. The maximum atomic E-state index is 12.8. The standard InChI is InChI=1S/C45H79O14P/c1-3-5-7-9-11-13-15-17-19-21-23-25-27-30-36(46)31-29-33-39(48)58-37(35-57-60(54,55)59-45-43(52)41(50)40(49)42(51)44(45)53)34-56-38(47)32-28-26-24-22-20-18-16-14-12-10-8-6-4-2/h11,13,17,19,23,25,27,30,36-37,40-46,49-53H,3-10,12,14-16,18,20-22,24,26,28-29,31-35H2,1-2H3,(H,54,55)/b13-11-,19-17-,25-23-,30-27+/t36-,37+,40?,41-,42+,43+,44+,45?/m0/s1. The molecule has 1 fully saturated rings. The summed E-state index contributed by atoms with van der Waals surface area (Å²) in [4.78, 5) is 35.7. The molecule has 9 atom stereocenters. The molecule has 0 bridgehead atoms. The van der Waals surface area contributed by atoms with Crippen molar-refractivity contribution >= 4 is 19.8 Å². The number of carbonyl (C=O) groups is 2. The average Bonchev–Trinajstić information content (AvgIpc) is 3.22. The highest BCUT2D eigenvalue weighted by atomic mass is 31.2. The van der Waals surface area contributed by atoms with Gasteiger partial charge < -0.3 is 45.0 Å². The van der Waals surface area contributed by atoms with Gasteiger partial charge in [-0.15, -0.1) is 0 Å². The smallest absolute Gasteiger partial charge is 0.462 e. The zero-order valence-corrected chi connectivity index (χ0v) is 37.2. The Hall–Kier alpha value is -2.23. The highest BCUT2D eigenvalue weighted by molar-refractivity contribution is 7.47. The molecule has 1 saturated carbocycles. The van der Waals surface area contributed by atoms with Gasteiger partial charge in [0.05, 0.1) is 12.7 Å². The number of phosphoric acid groups is 1. The molecule has 0 saturated heterocycles. The second-order valence-electron chi connectivity index (χ2n) is 15.8. The van der Waals surface area contributed by atoms with E-state index in [-0.39, 0.29) is 25.7 Å². The Balaban J connectivity index is 2.58. The molecular formula is C45H79O14P. The summed E-state index contributed by atoms with van der Waals surface area (Å²) in [6.45, 7) is 3.09. The number of hydrogen-bond acceptors (Lipinski definition) is 13. The maximum Gasteiger partial charge on any atom is 0.472 e. The van der Waals surface area contributed by atoms with Gasteiger partial charge in [0.1, 0.15) is 43.2 Å². The van der Waals surface area contributed by atoms with Crippen molar-refractivity contribution in [2.45, 2.75) is 210 Å².